The minimum atomic E-state index is -5.04. The Morgan fingerprint density at radius 3 is 2.44 bits per heavy atom. The second kappa shape index (κ2) is 12.7. The third-order valence-corrected chi connectivity index (χ3v) is 8.26. The lowest BCUT2D eigenvalue weighted by molar-refractivity contribution is -0.138. The van der Waals surface area contributed by atoms with Crippen molar-refractivity contribution in [1.29, 1.82) is 0 Å². The largest absolute Gasteiger partial charge is 0.417 e. The Morgan fingerprint density at radius 1 is 1.09 bits per heavy atom. The number of aromatic nitrogens is 3. The molecule has 2 aromatic heterocycles. The Labute approximate surface area is 256 Å². The maximum Gasteiger partial charge on any atom is 0.417 e. The van der Waals surface area contributed by atoms with Crippen molar-refractivity contribution in [1.82, 2.24) is 19.9 Å². The van der Waals surface area contributed by atoms with Crippen molar-refractivity contribution in [2.24, 2.45) is 5.92 Å². The van der Waals surface area contributed by atoms with E-state index in [-0.39, 0.29) is 35.4 Å². The van der Waals surface area contributed by atoms with Crippen LogP contribution in [0.1, 0.15) is 36.7 Å². The third-order valence-electron chi connectivity index (χ3n) is 8.26. The van der Waals surface area contributed by atoms with E-state index in [4.69, 9.17) is 4.74 Å². The highest BCUT2D eigenvalue weighted by atomic mass is 19.4. The molecule has 1 amide bonds. The second-order valence-corrected chi connectivity index (χ2v) is 11.7. The van der Waals surface area contributed by atoms with Gasteiger partial charge in [-0.25, -0.2) is 18.7 Å². The number of likely N-dealkylation sites (N-methyl/N-ethyl adjacent to an activating group) is 1. The van der Waals surface area contributed by atoms with Crippen molar-refractivity contribution in [3.8, 4) is 11.1 Å². The summed E-state index contributed by atoms with van der Waals surface area (Å²) in [6, 6.07) is 1.27. The molecule has 0 aliphatic carbocycles. The predicted octanol–water partition coefficient (Wildman–Crippen LogP) is 4.38. The maximum atomic E-state index is 16.4. The Hall–Kier alpha value is -4.11. The van der Waals surface area contributed by atoms with Crippen molar-refractivity contribution in [3.63, 3.8) is 0 Å². The lowest BCUT2D eigenvalue weighted by Gasteiger charge is -2.39. The van der Waals surface area contributed by atoms with E-state index in [0.717, 1.165) is 6.07 Å². The molecule has 0 saturated carbocycles. The monoisotopic (exact) mass is 635 g/mol. The number of piperazine rings is 1. The van der Waals surface area contributed by atoms with Crippen molar-refractivity contribution >= 4 is 23.2 Å². The summed E-state index contributed by atoms with van der Waals surface area (Å²) in [5, 5.41) is 2.25. The Morgan fingerprint density at radius 2 is 1.80 bits per heavy atom. The number of H-pyrrole nitrogens is 1. The minimum Gasteiger partial charge on any atom is -0.374 e. The van der Waals surface area contributed by atoms with Gasteiger partial charge in [0.15, 0.2) is 5.82 Å². The molecule has 2 fully saturated rings. The molecule has 2 aliphatic rings. The Kier molecular flexibility index (Phi) is 9.12. The molecule has 2 N–H and O–H groups in total. The zero-order valence-electron chi connectivity index (χ0n) is 25.2. The number of rotatable bonds is 6. The number of carbonyl (C=O) groups is 1. The van der Waals surface area contributed by atoms with Crippen LogP contribution in [0, 0.1) is 17.6 Å². The second-order valence-electron chi connectivity index (χ2n) is 11.7. The molecular formula is C30H34F5N7O3. The van der Waals surface area contributed by atoms with Gasteiger partial charge in [0.25, 0.3) is 5.91 Å². The molecule has 2 aliphatic heterocycles. The first-order chi connectivity index (χ1) is 21.2. The highest BCUT2D eigenvalue weighted by molar-refractivity contribution is 6.07. The number of hydrogen-bond donors (Lipinski definition) is 2. The topological polar surface area (TPSA) is 107 Å². The highest BCUT2D eigenvalue weighted by Gasteiger charge is 2.37. The molecule has 5 rings (SSSR count). The predicted molar refractivity (Wildman–Crippen MR) is 158 cm³/mol. The fraction of sp³-hybridized carbons (Fsp3) is 0.467. The number of pyridine rings is 1. The average molecular weight is 636 g/mol. The summed E-state index contributed by atoms with van der Waals surface area (Å²) in [6.07, 6.45) is -1.94. The molecule has 1 aromatic carbocycles. The SMILES string of the molecule is CC(C)[C@@H]1CN(c2ncc(-c3c(F)cc(N4CCN(C)[C@@H](C)C4)c(NC(=O)c4c[nH]c(=O)cc4C(F)(F)F)c3F)cn2)CCO1. The van der Waals surface area contributed by atoms with E-state index < -0.39 is 51.7 Å². The molecular weight excluding hydrogens is 601 g/mol. The van der Waals surface area contributed by atoms with Gasteiger partial charge in [0, 0.05) is 75.1 Å². The zero-order chi connectivity index (χ0) is 32.6. The van der Waals surface area contributed by atoms with Crippen LogP contribution in [0.4, 0.5) is 39.3 Å². The van der Waals surface area contributed by atoms with Crippen LogP contribution < -0.4 is 20.7 Å². The fourth-order valence-corrected chi connectivity index (χ4v) is 5.46. The molecule has 0 spiro atoms. The van der Waals surface area contributed by atoms with Gasteiger partial charge in [-0.05, 0) is 19.9 Å². The summed E-state index contributed by atoms with van der Waals surface area (Å²) < 4.78 is 79.2. The number of nitrogens with zero attached hydrogens (tertiary/aromatic N) is 5. The molecule has 15 heteroatoms. The first-order valence-corrected chi connectivity index (χ1v) is 14.5. The fourth-order valence-electron chi connectivity index (χ4n) is 5.46. The number of alkyl halides is 3. The van der Waals surface area contributed by atoms with Crippen molar-refractivity contribution in [2.45, 2.75) is 39.1 Å². The van der Waals surface area contributed by atoms with E-state index in [0.29, 0.717) is 51.5 Å². The van der Waals surface area contributed by atoms with Crippen molar-refractivity contribution < 1.29 is 31.5 Å². The van der Waals surface area contributed by atoms with Crippen LogP contribution >= 0.6 is 0 Å². The van der Waals surface area contributed by atoms with Gasteiger partial charge in [0.2, 0.25) is 11.5 Å². The summed E-state index contributed by atoms with van der Waals surface area (Å²) >= 11 is 0. The van der Waals surface area contributed by atoms with Crippen LogP contribution in [0.5, 0.6) is 0 Å². The van der Waals surface area contributed by atoms with E-state index >= 15 is 8.78 Å². The molecule has 10 nitrogen and oxygen atoms in total. The van der Waals surface area contributed by atoms with E-state index in [2.05, 4.69) is 20.3 Å². The molecule has 242 valence electrons. The van der Waals surface area contributed by atoms with E-state index in [1.165, 1.54) is 12.4 Å². The quantitative estimate of drug-likeness (QED) is 0.385. The molecule has 0 unspecified atom stereocenters. The Balaban J connectivity index is 1.55. The molecule has 3 aromatic rings. The zero-order valence-corrected chi connectivity index (χ0v) is 25.2. The van der Waals surface area contributed by atoms with Gasteiger partial charge in [-0.1, -0.05) is 13.8 Å². The maximum absolute atomic E-state index is 16.4. The van der Waals surface area contributed by atoms with Gasteiger partial charge in [0.05, 0.1) is 35.1 Å². The first-order valence-electron chi connectivity index (χ1n) is 14.5. The minimum absolute atomic E-state index is 0.0273. The van der Waals surface area contributed by atoms with E-state index in [9.17, 15) is 22.8 Å². The van der Waals surface area contributed by atoms with Gasteiger partial charge in [-0.3, -0.25) is 9.59 Å². The van der Waals surface area contributed by atoms with Crippen LogP contribution in [-0.2, 0) is 10.9 Å². The van der Waals surface area contributed by atoms with Crippen LogP contribution in [0.3, 0.4) is 0 Å². The van der Waals surface area contributed by atoms with Gasteiger partial charge in [0.1, 0.15) is 11.5 Å². The highest BCUT2D eigenvalue weighted by Crippen LogP contribution is 2.39. The van der Waals surface area contributed by atoms with E-state index in [1.54, 1.807) is 4.90 Å². The number of morpholine rings is 1. The summed E-state index contributed by atoms with van der Waals surface area (Å²) in [5.41, 5.74) is -4.62. The summed E-state index contributed by atoms with van der Waals surface area (Å²) in [4.78, 5) is 41.2. The smallest absolute Gasteiger partial charge is 0.374 e. The number of hydrogen-bond acceptors (Lipinski definition) is 8. The van der Waals surface area contributed by atoms with Crippen LogP contribution in [0.15, 0.2) is 35.5 Å². The first kappa shape index (κ1) is 32.3. The normalized spacial score (nSPS) is 19.7. The molecule has 45 heavy (non-hydrogen) atoms. The average Bonchev–Trinajstić information content (AvgIpc) is 2.99. The van der Waals surface area contributed by atoms with Crippen molar-refractivity contribution in [2.75, 3.05) is 61.5 Å². The van der Waals surface area contributed by atoms with Gasteiger partial charge in [-0.2, -0.15) is 13.2 Å². The number of ether oxygens (including phenoxy) is 1. The van der Waals surface area contributed by atoms with Crippen LogP contribution in [0.2, 0.25) is 0 Å². The molecule has 0 bridgehead atoms. The number of halogens is 5. The molecule has 0 radical (unpaired) electrons. The molecule has 4 heterocycles. The van der Waals surface area contributed by atoms with Gasteiger partial charge in [-0.15, -0.1) is 0 Å². The molecule has 2 saturated heterocycles. The van der Waals surface area contributed by atoms with Gasteiger partial charge >= 0.3 is 6.18 Å². The third kappa shape index (κ3) is 6.78. The van der Waals surface area contributed by atoms with E-state index in [1.807, 2.05) is 37.6 Å². The van der Waals surface area contributed by atoms with Gasteiger partial charge < -0.3 is 29.7 Å². The Bertz CT molecular complexity index is 1610. The van der Waals surface area contributed by atoms with Crippen molar-refractivity contribution in [3.05, 3.63) is 63.8 Å². The standard InChI is InChI=1S/C30H34F5N7O3/c1-16(2)23-15-42(7-8-45-23)29-37-11-18(12-38-29)25-21(31)10-22(41-6-5-40(4)17(3)14-41)27(26(25)32)39-28(44)19-13-36-24(43)9-20(19)30(33,34)35/h9-13,16-17,23H,5-8,14-15H2,1-4H3,(H,36,43)(H,39,44)/t17-,23-/m0/s1. The number of nitrogens with one attached hydrogen (secondary N) is 2. The number of benzene rings is 1. The number of aromatic amines is 1. The molecule has 2 atom stereocenters. The number of anilines is 3. The number of carbonyl (C=O) groups excluding carboxylic acids is 1. The van der Waals surface area contributed by atoms with Crippen LogP contribution in [0.25, 0.3) is 11.1 Å². The summed E-state index contributed by atoms with van der Waals surface area (Å²) in [6.45, 7) is 8.73. The number of amides is 1. The lowest BCUT2D eigenvalue weighted by atomic mass is 10.0. The lowest BCUT2D eigenvalue weighted by Crippen LogP contribution is -2.50. The van der Waals surface area contributed by atoms with Crippen LogP contribution in [-0.4, -0.2) is 84.3 Å². The summed E-state index contributed by atoms with van der Waals surface area (Å²) in [7, 11) is 1.90. The summed E-state index contributed by atoms with van der Waals surface area (Å²) in [5.74, 6) is -2.89.